The maximum atomic E-state index is 12.1. The van der Waals surface area contributed by atoms with E-state index in [-0.39, 0.29) is 12.3 Å². The fourth-order valence-corrected chi connectivity index (χ4v) is 2.57. The lowest BCUT2D eigenvalue weighted by Gasteiger charge is -2.11. The summed E-state index contributed by atoms with van der Waals surface area (Å²) in [7, 11) is 1.53. The van der Waals surface area contributed by atoms with Crippen LogP contribution in [0.25, 0.3) is 0 Å². The van der Waals surface area contributed by atoms with Crippen molar-refractivity contribution in [3.8, 4) is 5.75 Å². The zero-order chi connectivity index (χ0) is 16.1. The summed E-state index contributed by atoms with van der Waals surface area (Å²) in [5, 5.41) is 4.27. The van der Waals surface area contributed by atoms with Crippen LogP contribution in [-0.4, -0.2) is 13.0 Å². The zero-order valence-corrected chi connectivity index (χ0v) is 14.1. The molecule has 0 aliphatic heterocycles. The van der Waals surface area contributed by atoms with Crippen molar-refractivity contribution >= 4 is 46.4 Å². The largest absolute Gasteiger partial charge is 0.495 e. The maximum absolute atomic E-state index is 12.1. The topological polar surface area (TPSA) is 38.3 Å². The number of nitrogens with one attached hydrogen (secondary N) is 1. The highest BCUT2D eigenvalue weighted by atomic mass is 35.5. The summed E-state index contributed by atoms with van der Waals surface area (Å²) in [6, 6.07) is 10.4. The molecule has 0 radical (unpaired) electrons. The third kappa shape index (κ3) is 4.29. The molecule has 6 heteroatoms. The van der Waals surface area contributed by atoms with E-state index in [1.54, 1.807) is 30.3 Å². The Kier molecular flexibility index (Phi) is 5.95. The average molecular weight is 359 g/mol. The molecule has 0 saturated heterocycles. The third-order valence-corrected chi connectivity index (χ3v) is 4.18. The molecule has 22 heavy (non-hydrogen) atoms. The summed E-state index contributed by atoms with van der Waals surface area (Å²) in [5.74, 6) is 0.398. The molecule has 2 aromatic rings. The summed E-state index contributed by atoms with van der Waals surface area (Å²) >= 11 is 18.0. The molecular formula is C16H14Cl3NO2. The van der Waals surface area contributed by atoms with E-state index in [0.29, 0.717) is 32.9 Å². The number of benzene rings is 2. The number of carbonyl (C=O) groups excluding carboxylic acids is 1. The van der Waals surface area contributed by atoms with E-state index in [9.17, 15) is 4.79 Å². The van der Waals surface area contributed by atoms with E-state index in [1.165, 1.54) is 7.11 Å². The number of amides is 1. The van der Waals surface area contributed by atoms with Crippen molar-refractivity contribution < 1.29 is 9.53 Å². The van der Waals surface area contributed by atoms with Gasteiger partial charge in [-0.1, -0.05) is 46.9 Å². The van der Waals surface area contributed by atoms with E-state index < -0.39 is 0 Å². The van der Waals surface area contributed by atoms with E-state index in [1.807, 2.05) is 6.07 Å². The number of methoxy groups -OCH3 is 1. The number of hydrogen-bond acceptors (Lipinski definition) is 2. The summed E-state index contributed by atoms with van der Waals surface area (Å²) in [4.78, 5) is 12.1. The predicted octanol–water partition coefficient (Wildman–Crippen LogP) is 5.23. The second kappa shape index (κ2) is 7.73. The Morgan fingerprint density at radius 1 is 1.18 bits per heavy atom. The Labute approximate surface area is 144 Å². The minimum absolute atomic E-state index is 0.156. The van der Waals surface area contributed by atoms with Crippen LogP contribution in [0.1, 0.15) is 12.0 Å². The average Bonchev–Trinajstić information content (AvgIpc) is 2.49. The van der Waals surface area contributed by atoms with Gasteiger partial charge in [-0.15, -0.1) is 0 Å². The Hall–Kier alpha value is -1.42. The van der Waals surface area contributed by atoms with Crippen LogP contribution in [0.2, 0.25) is 15.1 Å². The Balaban J connectivity index is 2.02. The van der Waals surface area contributed by atoms with Gasteiger partial charge in [0.25, 0.3) is 0 Å². The number of aryl methyl sites for hydroxylation is 1. The smallest absolute Gasteiger partial charge is 0.224 e. The minimum Gasteiger partial charge on any atom is -0.495 e. The SMILES string of the molecule is COc1ccc(Cl)cc1NC(=O)CCc1cccc(Cl)c1Cl. The van der Waals surface area contributed by atoms with E-state index >= 15 is 0 Å². The Morgan fingerprint density at radius 3 is 2.68 bits per heavy atom. The lowest BCUT2D eigenvalue weighted by Crippen LogP contribution is -2.13. The number of ether oxygens (including phenoxy) is 1. The molecule has 3 nitrogen and oxygen atoms in total. The Bertz CT molecular complexity index is 689. The van der Waals surface area contributed by atoms with Gasteiger partial charge < -0.3 is 10.1 Å². The van der Waals surface area contributed by atoms with Crippen LogP contribution in [0.5, 0.6) is 5.75 Å². The quantitative estimate of drug-likeness (QED) is 0.795. The fourth-order valence-electron chi connectivity index (χ4n) is 1.98. The number of rotatable bonds is 5. The highest BCUT2D eigenvalue weighted by molar-refractivity contribution is 6.42. The van der Waals surface area contributed by atoms with Gasteiger partial charge in [-0.05, 0) is 36.2 Å². The monoisotopic (exact) mass is 357 g/mol. The van der Waals surface area contributed by atoms with Crippen LogP contribution in [0.15, 0.2) is 36.4 Å². The summed E-state index contributed by atoms with van der Waals surface area (Å²) in [5.41, 5.74) is 1.37. The summed E-state index contributed by atoms with van der Waals surface area (Å²) in [6.45, 7) is 0. The molecule has 0 spiro atoms. The molecule has 0 saturated carbocycles. The molecule has 0 aliphatic carbocycles. The van der Waals surface area contributed by atoms with Crippen LogP contribution in [-0.2, 0) is 11.2 Å². The maximum Gasteiger partial charge on any atom is 0.224 e. The van der Waals surface area contributed by atoms with Crippen LogP contribution < -0.4 is 10.1 Å². The molecule has 0 aromatic heterocycles. The second-order valence-corrected chi connectivity index (χ2v) is 5.83. The molecule has 0 atom stereocenters. The molecule has 0 fully saturated rings. The third-order valence-electron chi connectivity index (χ3n) is 3.09. The molecule has 1 N–H and O–H groups in total. The van der Waals surface area contributed by atoms with E-state index in [4.69, 9.17) is 39.5 Å². The van der Waals surface area contributed by atoms with Crippen molar-refractivity contribution in [2.24, 2.45) is 0 Å². The van der Waals surface area contributed by atoms with Gasteiger partial charge in [0.05, 0.1) is 22.8 Å². The Morgan fingerprint density at radius 2 is 1.95 bits per heavy atom. The van der Waals surface area contributed by atoms with Gasteiger partial charge in [0.15, 0.2) is 0 Å². The number of halogens is 3. The van der Waals surface area contributed by atoms with Crippen LogP contribution in [0.4, 0.5) is 5.69 Å². The number of carbonyl (C=O) groups is 1. The predicted molar refractivity (Wildman–Crippen MR) is 91.4 cm³/mol. The molecule has 1 amide bonds. The van der Waals surface area contributed by atoms with Crippen molar-refractivity contribution in [1.29, 1.82) is 0 Å². The van der Waals surface area contributed by atoms with Gasteiger partial charge in [-0.3, -0.25) is 4.79 Å². The number of hydrogen-bond donors (Lipinski definition) is 1. The van der Waals surface area contributed by atoms with Crippen molar-refractivity contribution in [3.63, 3.8) is 0 Å². The van der Waals surface area contributed by atoms with Crippen LogP contribution in [0, 0.1) is 0 Å². The lowest BCUT2D eigenvalue weighted by molar-refractivity contribution is -0.116. The second-order valence-electron chi connectivity index (χ2n) is 4.61. The summed E-state index contributed by atoms with van der Waals surface area (Å²) in [6.07, 6.45) is 0.768. The first-order chi connectivity index (χ1) is 10.5. The zero-order valence-electron chi connectivity index (χ0n) is 11.8. The standard InChI is InChI=1S/C16H14Cl3NO2/c1-22-14-7-6-11(17)9-13(14)20-15(21)8-5-10-3-2-4-12(18)16(10)19/h2-4,6-7,9H,5,8H2,1H3,(H,20,21). The highest BCUT2D eigenvalue weighted by Crippen LogP contribution is 2.29. The highest BCUT2D eigenvalue weighted by Gasteiger charge is 2.10. The molecule has 2 rings (SSSR count). The first-order valence-corrected chi connectivity index (χ1v) is 7.71. The van der Waals surface area contributed by atoms with Crippen molar-refractivity contribution in [3.05, 3.63) is 57.0 Å². The van der Waals surface area contributed by atoms with Gasteiger partial charge >= 0.3 is 0 Å². The van der Waals surface area contributed by atoms with Gasteiger partial charge in [-0.25, -0.2) is 0 Å². The van der Waals surface area contributed by atoms with Gasteiger partial charge in [0.2, 0.25) is 5.91 Å². The summed E-state index contributed by atoms with van der Waals surface area (Å²) < 4.78 is 5.19. The first kappa shape index (κ1) is 16.9. The van der Waals surface area contributed by atoms with Crippen molar-refractivity contribution in [2.75, 3.05) is 12.4 Å². The first-order valence-electron chi connectivity index (χ1n) is 6.57. The van der Waals surface area contributed by atoms with E-state index in [2.05, 4.69) is 5.32 Å². The molecule has 116 valence electrons. The molecule has 0 heterocycles. The van der Waals surface area contributed by atoms with Crippen molar-refractivity contribution in [1.82, 2.24) is 0 Å². The minimum atomic E-state index is -0.156. The molecular weight excluding hydrogens is 345 g/mol. The fraction of sp³-hybridized carbons (Fsp3) is 0.188. The van der Waals surface area contributed by atoms with Crippen LogP contribution in [0.3, 0.4) is 0 Å². The molecule has 0 bridgehead atoms. The van der Waals surface area contributed by atoms with Gasteiger partial charge in [0.1, 0.15) is 5.75 Å². The normalized spacial score (nSPS) is 10.4. The lowest BCUT2D eigenvalue weighted by atomic mass is 10.1. The van der Waals surface area contributed by atoms with E-state index in [0.717, 1.165) is 5.56 Å². The molecule has 0 unspecified atom stereocenters. The van der Waals surface area contributed by atoms with Crippen LogP contribution >= 0.6 is 34.8 Å². The number of anilines is 1. The molecule has 2 aromatic carbocycles. The van der Waals surface area contributed by atoms with Gasteiger partial charge in [-0.2, -0.15) is 0 Å². The van der Waals surface area contributed by atoms with Gasteiger partial charge in [0, 0.05) is 11.4 Å². The molecule has 0 aliphatic rings. The van der Waals surface area contributed by atoms with Crippen molar-refractivity contribution in [2.45, 2.75) is 12.8 Å².